The molecule has 1 aromatic carbocycles. The van der Waals surface area contributed by atoms with Gasteiger partial charge in [-0.3, -0.25) is 9.98 Å². The van der Waals surface area contributed by atoms with Crippen molar-refractivity contribution in [3.8, 4) is 11.4 Å². The van der Waals surface area contributed by atoms with Crippen LogP contribution < -0.4 is 0 Å². The largest absolute Gasteiger partial charge is 0.361 e. The summed E-state index contributed by atoms with van der Waals surface area (Å²) in [5.74, 6) is 1.04. The van der Waals surface area contributed by atoms with Gasteiger partial charge in [0.25, 0.3) is 0 Å². The van der Waals surface area contributed by atoms with Crippen LogP contribution in [0.2, 0.25) is 0 Å². The van der Waals surface area contributed by atoms with Crippen molar-refractivity contribution in [2.75, 3.05) is 0 Å². The predicted molar refractivity (Wildman–Crippen MR) is 114 cm³/mol. The van der Waals surface area contributed by atoms with Crippen molar-refractivity contribution in [3.63, 3.8) is 0 Å². The second-order valence-corrected chi connectivity index (χ2v) is 8.10. The van der Waals surface area contributed by atoms with Crippen LogP contribution in [0.25, 0.3) is 39.4 Å². The van der Waals surface area contributed by atoms with Gasteiger partial charge in [0.2, 0.25) is 0 Å². The van der Waals surface area contributed by atoms with Crippen LogP contribution in [-0.4, -0.2) is 26.2 Å². The van der Waals surface area contributed by atoms with E-state index in [1.54, 1.807) is 12.3 Å². The monoisotopic (exact) mass is 385 g/mol. The molecule has 29 heavy (non-hydrogen) atoms. The van der Waals surface area contributed by atoms with Crippen LogP contribution >= 0.6 is 0 Å². The highest BCUT2D eigenvalue weighted by atomic mass is 19.1. The highest BCUT2D eigenvalue weighted by Gasteiger charge is 2.25. The van der Waals surface area contributed by atoms with Crippen LogP contribution in [-0.2, 0) is 12.8 Å². The van der Waals surface area contributed by atoms with Crippen molar-refractivity contribution in [2.24, 2.45) is 10.9 Å². The maximum absolute atomic E-state index is 14.0. The number of imidazole rings is 1. The summed E-state index contributed by atoms with van der Waals surface area (Å²) in [6.45, 7) is 4.18. The highest BCUT2D eigenvalue weighted by molar-refractivity contribution is 6.12. The number of aromatic amines is 2. The Morgan fingerprint density at radius 3 is 2.97 bits per heavy atom. The first-order chi connectivity index (χ1) is 14.1. The summed E-state index contributed by atoms with van der Waals surface area (Å²) in [5.41, 5.74) is 8.79. The number of aromatic nitrogens is 4. The van der Waals surface area contributed by atoms with Crippen LogP contribution in [0.4, 0.5) is 10.1 Å². The summed E-state index contributed by atoms with van der Waals surface area (Å²) in [5, 5.41) is 1.01. The molecule has 1 aliphatic heterocycles. The van der Waals surface area contributed by atoms with Gasteiger partial charge in [0.05, 0.1) is 22.2 Å². The minimum Gasteiger partial charge on any atom is -0.361 e. The Labute approximate surface area is 166 Å². The van der Waals surface area contributed by atoms with Crippen LogP contribution in [0, 0.1) is 12.8 Å². The Morgan fingerprint density at radius 1 is 1.17 bits per heavy atom. The van der Waals surface area contributed by atoms with Crippen LogP contribution in [0.15, 0.2) is 29.1 Å². The van der Waals surface area contributed by atoms with Crippen molar-refractivity contribution >= 4 is 39.9 Å². The highest BCUT2D eigenvalue weighted by Crippen LogP contribution is 2.41. The van der Waals surface area contributed by atoms with Gasteiger partial charge in [0.1, 0.15) is 11.7 Å². The van der Waals surface area contributed by atoms with Crippen molar-refractivity contribution < 1.29 is 4.39 Å². The molecule has 3 aromatic heterocycles. The van der Waals surface area contributed by atoms with Gasteiger partial charge >= 0.3 is 0 Å². The molecule has 6 heteroatoms. The number of pyridine rings is 1. The number of aliphatic imine (C=N–C) groups is 1. The standard InChI is InChI=1S/C23H20FN5/c1-11-8-16-20(26-10-11)19-14(4-3-7-25-19)21-22(16)29-23(28-21)18-12(2)27-17-6-5-13(24)9-15(17)18/h3-4,7,9-11,27H,5-6,8H2,1-2H3,(H,28,29). The molecular weight excluding hydrogens is 365 g/mol. The van der Waals surface area contributed by atoms with Gasteiger partial charge in [-0.1, -0.05) is 6.92 Å². The van der Waals surface area contributed by atoms with E-state index in [0.717, 1.165) is 67.9 Å². The first-order valence-electron chi connectivity index (χ1n) is 10.0. The van der Waals surface area contributed by atoms with Gasteiger partial charge in [0.15, 0.2) is 0 Å². The predicted octanol–water partition coefficient (Wildman–Crippen LogP) is 5.57. The van der Waals surface area contributed by atoms with Gasteiger partial charge in [0, 0.05) is 52.3 Å². The van der Waals surface area contributed by atoms with Crippen molar-refractivity contribution in [3.05, 3.63) is 46.7 Å². The third-order valence-electron chi connectivity index (χ3n) is 6.02. The Hall–Kier alpha value is -3.28. The smallest absolute Gasteiger partial charge is 0.140 e. The third-order valence-corrected chi connectivity index (χ3v) is 6.02. The van der Waals surface area contributed by atoms with E-state index in [9.17, 15) is 4.39 Å². The molecule has 0 radical (unpaired) electrons. The SMILES string of the molecule is Cc1[nH]c2c(c1-c1nc3c4c(c5ncccc5c3[nH]1)N=CC(C)C4)C=C(F)CC2. The Balaban J connectivity index is 1.69. The number of rotatable bonds is 1. The lowest BCUT2D eigenvalue weighted by molar-refractivity contribution is 0.588. The average molecular weight is 385 g/mol. The van der Waals surface area contributed by atoms with E-state index >= 15 is 0 Å². The maximum Gasteiger partial charge on any atom is 0.140 e. The van der Waals surface area contributed by atoms with Gasteiger partial charge in [-0.05, 0) is 43.9 Å². The molecule has 6 rings (SSSR count). The first-order valence-corrected chi connectivity index (χ1v) is 10.0. The lowest BCUT2D eigenvalue weighted by atomic mass is 9.94. The minimum absolute atomic E-state index is 0.0796. The van der Waals surface area contributed by atoms with Crippen LogP contribution in [0.5, 0.6) is 0 Å². The van der Waals surface area contributed by atoms with Crippen molar-refractivity contribution in [1.29, 1.82) is 0 Å². The lowest BCUT2D eigenvalue weighted by Crippen LogP contribution is -2.07. The zero-order valence-corrected chi connectivity index (χ0v) is 16.3. The minimum atomic E-state index is -0.0796. The van der Waals surface area contributed by atoms with E-state index in [0.29, 0.717) is 18.8 Å². The molecule has 144 valence electrons. The van der Waals surface area contributed by atoms with Crippen LogP contribution in [0.1, 0.15) is 35.9 Å². The van der Waals surface area contributed by atoms with E-state index in [2.05, 4.69) is 27.9 Å². The summed E-state index contributed by atoms with van der Waals surface area (Å²) in [6.07, 6.45) is 7.46. The number of H-pyrrole nitrogens is 2. The summed E-state index contributed by atoms with van der Waals surface area (Å²) in [6, 6.07) is 3.99. The van der Waals surface area contributed by atoms with Crippen molar-refractivity contribution in [1.82, 2.24) is 19.9 Å². The number of halogens is 1. The Morgan fingerprint density at radius 2 is 2.07 bits per heavy atom. The number of hydrogen-bond donors (Lipinski definition) is 2. The first kappa shape index (κ1) is 16.7. The number of benzene rings is 1. The number of aryl methyl sites for hydroxylation is 2. The molecule has 2 aliphatic rings. The molecule has 0 fully saturated rings. The Bertz CT molecular complexity index is 1370. The molecule has 2 N–H and O–H groups in total. The molecule has 1 unspecified atom stereocenters. The van der Waals surface area contributed by atoms with E-state index < -0.39 is 0 Å². The summed E-state index contributed by atoms with van der Waals surface area (Å²) < 4.78 is 14.0. The average Bonchev–Trinajstić information content (AvgIpc) is 3.28. The van der Waals surface area contributed by atoms with E-state index in [-0.39, 0.29) is 5.83 Å². The maximum atomic E-state index is 14.0. The molecule has 0 spiro atoms. The number of allylic oxidation sites excluding steroid dienone is 1. The Kier molecular flexibility index (Phi) is 3.37. The lowest BCUT2D eigenvalue weighted by Gasteiger charge is -2.17. The molecule has 0 bridgehead atoms. The fourth-order valence-electron chi connectivity index (χ4n) is 4.71. The molecule has 1 aliphatic carbocycles. The van der Waals surface area contributed by atoms with Crippen LogP contribution in [0.3, 0.4) is 0 Å². The van der Waals surface area contributed by atoms with Gasteiger partial charge in [-0.25, -0.2) is 9.37 Å². The third kappa shape index (κ3) is 2.35. The van der Waals surface area contributed by atoms with E-state index in [1.165, 1.54) is 0 Å². The number of nitrogens with one attached hydrogen (secondary N) is 2. The summed E-state index contributed by atoms with van der Waals surface area (Å²) in [4.78, 5) is 21.3. The van der Waals surface area contributed by atoms with Crippen molar-refractivity contribution in [2.45, 2.75) is 33.1 Å². The summed E-state index contributed by atoms with van der Waals surface area (Å²) in [7, 11) is 0. The molecule has 0 saturated heterocycles. The normalized spacial score (nSPS) is 18.2. The number of fused-ring (bicyclic) bond motifs is 7. The zero-order valence-electron chi connectivity index (χ0n) is 16.3. The topological polar surface area (TPSA) is 69.7 Å². The number of hydrogen-bond acceptors (Lipinski definition) is 3. The quantitative estimate of drug-likeness (QED) is 0.450. The van der Waals surface area contributed by atoms with Gasteiger partial charge in [-0.2, -0.15) is 0 Å². The zero-order chi connectivity index (χ0) is 19.7. The molecule has 1 atom stereocenters. The molecule has 4 heterocycles. The van der Waals surface area contributed by atoms with Gasteiger partial charge in [-0.15, -0.1) is 0 Å². The van der Waals surface area contributed by atoms with E-state index in [4.69, 9.17) is 9.98 Å². The molecule has 4 aromatic rings. The number of nitrogens with zero attached hydrogens (tertiary/aromatic N) is 3. The van der Waals surface area contributed by atoms with E-state index in [1.807, 2.05) is 19.2 Å². The second-order valence-electron chi connectivity index (χ2n) is 8.10. The molecule has 5 nitrogen and oxygen atoms in total. The molecule has 0 saturated carbocycles. The van der Waals surface area contributed by atoms with Gasteiger partial charge < -0.3 is 9.97 Å². The summed E-state index contributed by atoms with van der Waals surface area (Å²) >= 11 is 0. The molecule has 0 amide bonds. The molecular formula is C23H20FN5. The second kappa shape index (κ2) is 5.86. The fraction of sp³-hybridized carbons (Fsp3) is 0.261. The fourth-order valence-corrected chi connectivity index (χ4v) is 4.71.